The van der Waals surface area contributed by atoms with Crippen molar-refractivity contribution in [3.05, 3.63) is 18.2 Å². The van der Waals surface area contributed by atoms with Crippen molar-refractivity contribution in [1.29, 1.82) is 0 Å². The van der Waals surface area contributed by atoms with Gasteiger partial charge in [0.25, 0.3) is 11.8 Å². The van der Waals surface area contributed by atoms with Crippen molar-refractivity contribution in [1.82, 2.24) is 9.80 Å². The molecule has 3 aliphatic rings. The number of urea groups is 1. The minimum Gasteiger partial charge on any atom is -0.479 e. The van der Waals surface area contributed by atoms with E-state index >= 15 is 0 Å². The van der Waals surface area contributed by atoms with Crippen LogP contribution in [0.25, 0.3) is 0 Å². The molecule has 1 unspecified atom stereocenters. The number of carbonyl (C=O) groups is 4. The van der Waals surface area contributed by atoms with Crippen LogP contribution in [0.15, 0.2) is 18.2 Å². The Morgan fingerprint density at radius 3 is 2.69 bits per heavy atom. The summed E-state index contributed by atoms with van der Waals surface area (Å²) in [6.45, 7) is 1.30. The first kappa shape index (κ1) is 19.2. The van der Waals surface area contributed by atoms with Gasteiger partial charge in [-0.1, -0.05) is 19.3 Å². The molecule has 9 heteroatoms. The van der Waals surface area contributed by atoms with Gasteiger partial charge >= 0.3 is 6.03 Å². The van der Waals surface area contributed by atoms with Gasteiger partial charge in [-0.3, -0.25) is 19.3 Å². The van der Waals surface area contributed by atoms with E-state index in [1.165, 1.54) is 4.90 Å². The number of imide groups is 1. The number of likely N-dealkylation sites (N-methyl/N-ethyl adjacent to an activating group) is 1. The van der Waals surface area contributed by atoms with Crippen molar-refractivity contribution in [3.63, 3.8) is 0 Å². The Bertz CT molecular complexity index is 893. The van der Waals surface area contributed by atoms with Crippen molar-refractivity contribution in [2.75, 3.05) is 24.2 Å². The summed E-state index contributed by atoms with van der Waals surface area (Å²) in [6, 6.07) is 4.44. The van der Waals surface area contributed by atoms with E-state index in [4.69, 9.17) is 4.74 Å². The molecule has 1 aromatic rings. The van der Waals surface area contributed by atoms with Crippen LogP contribution in [0.2, 0.25) is 0 Å². The van der Waals surface area contributed by atoms with Crippen LogP contribution < -0.4 is 15.4 Å². The van der Waals surface area contributed by atoms with Gasteiger partial charge in [0, 0.05) is 12.7 Å². The number of carbonyl (C=O) groups excluding carboxylic acids is 4. The smallest absolute Gasteiger partial charge is 0.327 e. The molecule has 2 N–H and O–H groups in total. The van der Waals surface area contributed by atoms with E-state index in [9.17, 15) is 19.2 Å². The number of rotatable bonds is 3. The number of benzene rings is 1. The van der Waals surface area contributed by atoms with E-state index in [1.807, 2.05) is 0 Å². The van der Waals surface area contributed by atoms with Crippen LogP contribution in [0.4, 0.5) is 16.2 Å². The first-order valence-corrected chi connectivity index (χ1v) is 9.83. The second-order valence-electron chi connectivity index (χ2n) is 7.83. The highest BCUT2D eigenvalue weighted by atomic mass is 16.5. The third-order valence-corrected chi connectivity index (χ3v) is 5.98. The minimum absolute atomic E-state index is 0.268. The molecule has 5 amide bonds. The average Bonchev–Trinajstić information content (AvgIpc) is 2.86. The van der Waals surface area contributed by atoms with Crippen molar-refractivity contribution >= 4 is 35.1 Å². The predicted octanol–water partition coefficient (Wildman–Crippen LogP) is 1.94. The fraction of sp³-hybridized carbons (Fsp3) is 0.500. The number of ether oxygens (including phenoxy) is 1. The van der Waals surface area contributed by atoms with E-state index in [1.54, 1.807) is 32.2 Å². The zero-order chi connectivity index (χ0) is 20.8. The summed E-state index contributed by atoms with van der Waals surface area (Å²) in [7, 11) is 1.64. The van der Waals surface area contributed by atoms with Gasteiger partial charge in [-0.2, -0.15) is 0 Å². The zero-order valence-corrected chi connectivity index (χ0v) is 16.5. The maximum Gasteiger partial charge on any atom is 0.327 e. The van der Waals surface area contributed by atoms with Gasteiger partial charge in [0.2, 0.25) is 5.91 Å². The summed E-state index contributed by atoms with van der Waals surface area (Å²) in [5.74, 6) is -0.528. The molecule has 1 saturated carbocycles. The van der Waals surface area contributed by atoms with Crippen molar-refractivity contribution in [3.8, 4) is 5.75 Å². The van der Waals surface area contributed by atoms with Crippen LogP contribution in [0.5, 0.6) is 5.75 Å². The Balaban J connectivity index is 1.45. The second kappa shape index (κ2) is 7.06. The minimum atomic E-state index is -0.806. The predicted molar refractivity (Wildman–Crippen MR) is 104 cm³/mol. The molecule has 0 bridgehead atoms. The lowest BCUT2D eigenvalue weighted by molar-refractivity contribution is -0.136. The van der Waals surface area contributed by atoms with Crippen LogP contribution in [0, 0.1) is 0 Å². The summed E-state index contributed by atoms with van der Waals surface area (Å²) in [5, 5.41) is 5.40. The van der Waals surface area contributed by atoms with Crippen molar-refractivity contribution in [2.45, 2.75) is 50.7 Å². The highest BCUT2D eigenvalue weighted by Gasteiger charge is 2.55. The van der Waals surface area contributed by atoms with Crippen LogP contribution in [0.1, 0.15) is 39.0 Å². The van der Waals surface area contributed by atoms with E-state index in [0.717, 1.165) is 24.2 Å². The fourth-order valence-corrected chi connectivity index (χ4v) is 4.30. The summed E-state index contributed by atoms with van der Waals surface area (Å²) < 4.78 is 5.49. The molecule has 4 rings (SSSR count). The molecular weight excluding hydrogens is 376 g/mol. The molecule has 1 aliphatic carbocycles. The van der Waals surface area contributed by atoms with Gasteiger partial charge in [-0.25, -0.2) is 4.79 Å². The molecule has 0 aromatic heterocycles. The second-order valence-corrected chi connectivity index (χ2v) is 7.83. The zero-order valence-electron chi connectivity index (χ0n) is 16.5. The maximum absolute atomic E-state index is 13.0. The molecule has 154 valence electrons. The van der Waals surface area contributed by atoms with Gasteiger partial charge in [-0.15, -0.1) is 0 Å². The number of anilines is 2. The van der Waals surface area contributed by atoms with Crippen LogP contribution >= 0.6 is 0 Å². The normalized spacial score (nSPS) is 23.0. The summed E-state index contributed by atoms with van der Waals surface area (Å²) in [4.78, 5) is 52.4. The topological polar surface area (TPSA) is 108 Å². The highest BCUT2D eigenvalue weighted by molar-refractivity contribution is 6.10. The van der Waals surface area contributed by atoms with E-state index in [0.29, 0.717) is 30.0 Å². The number of fused-ring (bicyclic) bond motifs is 1. The largest absolute Gasteiger partial charge is 0.479 e. The lowest BCUT2D eigenvalue weighted by Gasteiger charge is -2.35. The Labute approximate surface area is 168 Å². The Hall–Kier alpha value is -3.10. The number of hydrogen-bond acceptors (Lipinski definition) is 5. The summed E-state index contributed by atoms with van der Waals surface area (Å²) in [5.41, 5.74) is 0.0897. The summed E-state index contributed by atoms with van der Waals surface area (Å²) >= 11 is 0. The third-order valence-electron chi connectivity index (χ3n) is 5.98. The van der Waals surface area contributed by atoms with E-state index in [-0.39, 0.29) is 18.4 Å². The van der Waals surface area contributed by atoms with Gasteiger partial charge in [0.1, 0.15) is 17.8 Å². The first-order valence-electron chi connectivity index (χ1n) is 9.83. The van der Waals surface area contributed by atoms with Crippen LogP contribution in [0.3, 0.4) is 0 Å². The lowest BCUT2D eigenvalue weighted by atomic mass is 9.81. The molecule has 1 atom stereocenters. The monoisotopic (exact) mass is 400 g/mol. The highest BCUT2D eigenvalue weighted by Crippen LogP contribution is 2.39. The van der Waals surface area contributed by atoms with Gasteiger partial charge < -0.3 is 20.3 Å². The molecule has 0 radical (unpaired) electrons. The van der Waals surface area contributed by atoms with Crippen molar-refractivity contribution < 1.29 is 23.9 Å². The number of hydrogen-bond donors (Lipinski definition) is 2. The molecule has 2 fully saturated rings. The molecule has 9 nitrogen and oxygen atoms in total. The van der Waals surface area contributed by atoms with E-state index in [2.05, 4.69) is 10.6 Å². The summed E-state index contributed by atoms with van der Waals surface area (Å²) in [6.07, 6.45) is 3.52. The number of nitrogens with zero attached hydrogens (tertiary/aromatic N) is 2. The number of nitrogens with one attached hydrogen (secondary N) is 2. The molecular formula is C20H24N4O5. The first-order chi connectivity index (χ1) is 13.8. The van der Waals surface area contributed by atoms with Gasteiger partial charge in [0.05, 0.1) is 5.69 Å². The molecule has 1 spiro atoms. The van der Waals surface area contributed by atoms with Crippen LogP contribution in [-0.2, 0) is 14.4 Å². The Kier molecular flexibility index (Phi) is 4.68. The fourth-order valence-electron chi connectivity index (χ4n) is 4.30. The standard InChI is InChI=1S/C20H24N4O5/c1-12-17(26)22-14-10-13(6-7-15(14)29-12)21-16(25)11-24-18(27)20(23(2)19(24)28)8-4-3-5-9-20/h6-7,10,12H,3-5,8-9,11H2,1-2H3,(H,21,25)(H,22,26). The SMILES string of the molecule is CC1Oc2ccc(NC(=O)CN3C(=O)N(C)C4(CCCCC4)C3=O)cc2NC1=O. The number of amides is 5. The lowest BCUT2D eigenvalue weighted by Crippen LogP contribution is -2.49. The Morgan fingerprint density at radius 1 is 1.24 bits per heavy atom. The third kappa shape index (κ3) is 3.20. The molecule has 1 saturated heterocycles. The molecule has 2 heterocycles. The maximum atomic E-state index is 13.0. The van der Waals surface area contributed by atoms with Gasteiger partial charge in [0.15, 0.2) is 6.10 Å². The average molecular weight is 400 g/mol. The van der Waals surface area contributed by atoms with Crippen LogP contribution in [-0.4, -0.2) is 58.8 Å². The molecule has 1 aromatic carbocycles. The van der Waals surface area contributed by atoms with Crippen molar-refractivity contribution in [2.24, 2.45) is 0 Å². The van der Waals surface area contributed by atoms with Gasteiger partial charge in [-0.05, 0) is 38.0 Å². The molecule has 2 aliphatic heterocycles. The molecule has 29 heavy (non-hydrogen) atoms. The quantitative estimate of drug-likeness (QED) is 0.754. The Morgan fingerprint density at radius 2 is 1.97 bits per heavy atom. The van der Waals surface area contributed by atoms with E-state index < -0.39 is 23.6 Å².